The smallest absolute Gasteiger partial charge is 0.407 e. The van der Waals surface area contributed by atoms with E-state index < -0.39 is 5.60 Å². The van der Waals surface area contributed by atoms with Gasteiger partial charge in [-0.2, -0.15) is 0 Å². The van der Waals surface area contributed by atoms with Gasteiger partial charge in [0.2, 0.25) is 0 Å². The molecule has 0 radical (unpaired) electrons. The molecule has 2 aromatic heterocycles. The fourth-order valence-electron chi connectivity index (χ4n) is 2.58. The van der Waals surface area contributed by atoms with E-state index in [0.29, 0.717) is 0 Å². The third kappa shape index (κ3) is 4.10. The molecule has 124 valence electrons. The summed E-state index contributed by atoms with van der Waals surface area (Å²) in [7, 11) is 0. The molecule has 1 fully saturated rings. The van der Waals surface area contributed by atoms with Crippen LogP contribution in [0.3, 0.4) is 0 Å². The highest BCUT2D eigenvalue weighted by atomic mass is 32.1. The standard InChI is InChI=1S/C16H22N4O2S/c1-16(2,3)22-15(21)18-11-6-9-20(10-7-11)14-19-12-5-4-8-17-13(12)23-14/h4-5,8,11H,6-7,9-10H2,1-3H3,(H,18,21). The summed E-state index contributed by atoms with van der Waals surface area (Å²) in [6, 6.07) is 4.05. The normalized spacial score (nSPS) is 16.6. The number of hydrogen-bond donors (Lipinski definition) is 1. The highest BCUT2D eigenvalue weighted by molar-refractivity contribution is 7.21. The largest absolute Gasteiger partial charge is 0.444 e. The molecule has 1 aliphatic heterocycles. The van der Waals surface area contributed by atoms with Crippen LogP contribution in [0.2, 0.25) is 0 Å². The van der Waals surface area contributed by atoms with Crippen LogP contribution in [0, 0.1) is 0 Å². The van der Waals surface area contributed by atoms with Crippen LogP contribution in [0.4, 0.5) is 9.93 Å². The minimum atomic E-state index is -0.460. The number of alkyl carbamates (subject to hydrolysis) is 1. The first kappa shape index (κ1) is 16.0. The van der Waals surface area contributed by atoms with Crippen molar-refractivity contribution in [2.24, 2.45) is 0 Å². The molecule has 0 saturated carbocycles. The number of nitrogens with zero attached hydrogens (tertiary/aromatic N) is 3. The van der Waals surface area contributed by atoms with Crippen LogP contribution in [0.1, 0.15) is 33.6 Å². The van der Waals surface area contributed by atoms with Crippen LogP contribution in [0.15, 0.2) is 18.3 Å². The third-order valence-electron chi connectivity index (χ3n) is 3.64. The van der Waals surface area contributed by atoms with Crippen LogP contribution in [0.25, 0.3) is 10.3 Å². The van der Waals surface area contributed by atoms with E-state index in [2.05, 4.69) is 20.2 Å². The van der Waals surface area contributed by atoms with Crippen LogP contribution < -0.4 is 10.2 Å². The predicted molar refractivity (Wildman–Crippen MR) is 92.0 cm³/mol. The molecule has 7 heteroatoms. The molecule has 3 heterocycles. The summed E-state index contributed by atoms with van der Waals surface area (Å²) >= 11 is 1.62. The summed E-state index contributed by atoms with van der Waals surface area (Å²) in [6.07, 6.45) is 3.24. The Labute approximate surface area is 139 Å². The van der Waals surface area contributed by atoms with Crippen molar-refractivity contribution >= 4 is 32.9 Å². The maximum absolute atomic E-state index is 11.8. The van der Waals surface area contributed by atoms with Crippen LogP contribution in [-0.2, 0) is 4.74 Å². The third-order valence-corrected chi connectivity index (χ3v) is 4.68. The van der Waals surface area contributed by atoms with E-state index in [0.717, 1.165) is 41.4 Å². The van der Waals surface area contributed by atoms with Crippen LogP contribution >= 0.6 is 11.3 Å². The average Bonchev–Trinajstić information content (AvgIpc) is 2.89. The van der Waals surface area contributed by atoms with Crippen molar-refractivity contribution < 1.29 is 9.53 Å². The molecule has 1 aliphatic rings. The molecule has 6 nitrogen and oxygen atoms in total. The quantitative estimate of drug-likeness (QED) is 0.913. The van der Waals surface area contributed by atoms with Crippen LogP contribution in [0.5, 0.6) is 0 Å². The van der Waals surface area contributed by atoms with Gasteiger partial charge in [0.15, 0.2) is 5.13 Å². The average molecular weight is 334 g/mol. The number of nitrogens with one attached hydrogen (secondary N) is 1. The van der Waals surface area contributed by atoms with Crippen molar-refractivity contribution in [1.82, 2.24) is 15.3 Å². The molecule has 0 aromatic carbocycles. The number of anilines is 1. The number of rotatable bonds is 2. The van der Waals surface area contributed by atoms with Gasteiger partial charge in [-0.25, -0.2) is 14.8 Å². The molecule has 0 bridgehead atoms. The lowest BCUT2D eigenvalue weighted by Gasteiger charge is -2.32. The van der Waals surface area contributed by atoms with E-state index in [1.807, 2.05) is 32.9 Å². The summed E-state index contributed by atoms with van der Waals surface area (Å²) in [5, 5.41) is 3.97. The zero-order chi connectivity index (χ0) is 16.4. The molecular formula is C16H22N4O2S. The number of carbonyl (C=O) groups is 1. The Morgan fingerprint density at radius 2 is 2.13 bits per heavy atom. The Hall–Kier alpha value is -1.89. The van der Waals surface area contributed by atoms with Crippen molar-refractivity contribution in [1.29, 1.82) is 0 Å². The van der Waals surface area contributed by atoms with Gasteiger partial charge in [-0.15, -0.1) is 0 Å². The molecule has 2 aromatic rings. The summed E-state index contributed by atoms with van der Waals surface area (Å²) in [4.78, 5) is 24.0. The topological polar surface area (TPSA) is 67.3 Å². The Balaban J connectivity index is 1.55. The number of amides is 1. The van der Waals surface area contributed by atoms with E-state index in [9.17, 15) is 4.79 Å². The number of thiazole rings is 1. The Morgan fingerprint density at radius 1 is 1.39 bits per heavy atom. The monoisotopic (exact) mass is 334 g/mol. The second-order valence-electron chi connectivity index (χ2n) is 6.73. The zero-order valence-corrected chi connectivity index (χ0v) is 14.5. The molecule has 0 aliphatic carbocycles. The number of fused-ring (bicyclic) bond motifs is 1. The lowest BCUT2D eigenvalue weighted by atomic mass is 10.1. The van der Waals surface area contributed by atoms with E-state index in [1.165, 1.54) is 0 Å². The van der Waals surface area contributed by atoms with Crippen molar-refractivity contribution in [2.45, 2.75) is 45.3 Å². The minimum absolute atomic E-state index is 0.161. The lowest BCUT2D eigenvalue weighted by Crippen LogP contribution is -2.46. The number of pyridine rings is 1. The van der Waals surface area contributed by atoms with E-state index in [-0.39, 0.29) is 12.1 Å². The number of ether oxygens (including phenoxy) is 1. The number of carbonyl (C=O) groups excluding carboxylic acids is 1. The molecule has 3 rings (SSSR count). The molecule has 1 saturated heterocycles. The van der Waals surface area contributed by atoms with Gasteiger partial charge in [-0.1, -0.05) is 11.3 Å². The van der Waals surface area contributed by atoms with Crippen LogP contribution in [-0.4, -0.2) is 40.8 Å². The first-order valence-corrected chi connectivity index (χ1v) is 8.68. The van der Waals surface area contributed by atoms with Gasteiger partial charge < -0.3 is 15.0 Å². The fourth-order valence-corrected chi connectivity index (χ4v) is 3.54. The highest BCUT2D eigenvalue weighted by Gasteiger charge is 2.25. The SMILES string of the molecule is CC(C)(C)OC(=O)NC1CCN(c2nc3cccnc3s2)CC1. The first-order chi connectivity index (χ1) is 10.9. The van der Waals surface area contributed by atoms with Gasteiger partial charge in [0.1, 0.15) is 15.9 Å². The number of aromatic nitrogens is 2. The molecule has 0 spiro atoms. The lowest BCUT2D eigenvalue weighted by molar-refractivity contribution is 0.0497. The summed E-state index contributed by atoms with van der Waals surface area (Å²) in [5.41, 5.74) is 0.486. The maximum atomic E-state index is 11.8. The van der Waals surface area contributed by atoms with Crippen molar-refractivity contribution in [3.63, 3.8) is 0 Å². The number of piperidine rings is 1. The van der Waals surface area contributed by atoms with Gasteiger partial charge in [0.25, 0.3) is 0 Å². The Kier molecular flexibility index (Phi) is 4.39. The Morgan fingerprint density at radius 3 is 2.78 bits per heavy atom. The van der Waals surface area contributed by atoms with Gasteiger partial charge in [0.05, 0.1) is 0 Å². The molecule has 1 amide bonds. The highest BCUT2D eigenvalue weighted by Crippen LogP contribution is 2.29. The van der Waals surface area contributed by atoms with Crippen molar-refractivity contribution in [3.05, 3.63) is 18.3 Å². The molecular weight excluding hydrogens is 312 g/mol. The summed E-state index contributed by atoms with van der Waals surface area (Å²) in [6.45, 7) is 7.36. The Bertz CT molecular complexity index is 654. The molecule has 1 N–H and O–H groups in total. The van der Waals surface area contributed by atoms with Gasteiger partial charge in [-0.05, 0) is 45.7 Å². The van der Waals surface area contributed by atoms with Crippen molar-refractivity contribution in [3.8, 4) is 0 Å². The fraction of sp³-hybridized carbons (Fsp3) is 0.562. The minimum Gasteiger partial charge on any atom is -0.444 e. The van der Waals surface area contributed by atoms with Gasteiger partial charge >= 0.3 is 6.09 Å². The maximum Gasteiger partial charge on any atom is 0.407 e. The second kappa shape index (κ2) is 6.31. The van der Waals surface area contributed by atoms with E-state index >= 15 is 0 Å². The zero-order valence-electron chi connectivity index (χ0n) is 13.7. The second-order valence-corrected chi connectivity index (χ2v) is 7.69. The predicted octanol–water partition coefficient (Wildman–Crippen LogP) is 3.18. The molecule has 0 atom stereocenters. The summed E-state index contributed by atoms with van der Waals surface area (Å²) < 4.78 is 5.31. The van der Waals surface area contributed by atoms with E-state index in [1.54, 1.807) is 17.5 Å². The summed E-state index contributed by atoms with van der Waals surface area (Å²) in [5.74, 6) is 0. The van der Waals surface area contributed by atoms with Gasteiger partial charge in [0, 0.05) is 25.3 Å². The molecule has 23 heavy (non-hydrogen) atoms. The van der Waals surface area contributed by atoms with Crippen molar-refractivity contribution in [2.75, 3.05) is 18.0 Å². The first-order valence-electron chi connectivity index (χ1n) is 7.87. The molecule has 0 unspecified atom stereocenters. The van der Waals surface area contributed by atoms with Gasteiger partial charge in [-0.3, -0.25) is 0 Å². The number of hydrogen-bond acceptors (Lipinski definition) is 6. The van der Waals surface area contributed by atoms with E-state index in [4.69, 9.17) is 4.74 Å².